The Hall–Kier alpha value is -1.15. The van der Waals surface area contributed by atoms with E-state index in [-0.39, 0.29) is 0 Å². The van der Waals surface area contributed by atoms with Crippen molar-refractivity contribution in [3.05, 3.63) is 34.9 Å². The van der Waals surface area contributed by atoms with Gasteiger partial charge < -0.3 is 10.1 Å². The Kier molecular flexibility index (Phi) is 5.20. The Labute approximate surface area is 98.1 Å². The normalized spacial score (nSPS) is 12.4. The van der Waals surface area contributed by atoms with Crippen LogP contribution in [0.5, 0.6) is 0 Å². The van der Waals surface area contributed by atoms with Gasteiger partial charge in [-0.1, -0.05) is 23.8 Å². The van der Waals surface area contributed by atoms with E-state index >= 15 is 0 Å². The fourth-order valence-corrected chi connectivity index (χ4v) is 1.69. The van der Waals surface area contributed by atoms with Crippen LogP contribution in [0.25, 0.3) is 0 Å². The zero-order valence-corrected chi connectivity index (χ0v) is 10.4. The van der Waals surface area contributed by atoms with E-state index in [4.69, 9.17) is 0 Å². The molecular formula is C14H21NO. The molecule has 1 aromatic rings. The van der Waals surface area contributed by atoms with Gasteiger partial charge in [0.2, 0.25) is 0 Å². The van der Waals surface area contributed by atoms with Crippen LogP contribution in [-0.4, -0.2) is 12.3 Å². The Balaban J connectivity index is 2.47. The maximum absolute atomic E-state index is 10.3. The molecule has 0 spiro atoms. The summed E-state index contributed by atoms with van der Waals surface area (Å²) in [5.74, 6) is 0. The maximum Gasteiger partial charge on any atom is 0.120 e. The van der Waals surface area contributed by atoms with Crippen LogP contribution in [0.1, 0.15) is 36.5 Å². The first kappa shape index (κ1) is 12.9. The lowest BCUT2D eigenvalue weighted by atomic mass is 10.1. The molecule has 0 aromatic heterocycles. The lowest BCUT2D eigenvalue weighted by molar-refractivity contribution is -0.108. The van der Waals surface area contributed by atoms with Crippen molar-refractivity contribution >= 4 is 6.29 Å². The van der Waals surface area contributed by atoms with Gasteiger partial charge in [-0.15, -0.1) is 0 Å². The monoisotopic (exact) mass is 219 g/mol. The predicted molar refractivity (Wildman–Crippen MR) is 67.5 cm³/mol. The number of aldehydes is 1. The molecule has 88 valence electrons. The van der Waals surface area contributed by atoms with Crippen molar-refractivity contribution in [3.8, 4) is 0 Å². The molecule has 1 aromatic carbocycles. The Morgan fingerprint density at radius 1 is 1.38 bits per heavy atom. The highest BCUT2D eigenvalue weighted by atomic mass is 16.1. The molecule has 0 aliphatic rings. The predicted octanol–water partition coefficient (Wildman–Crippen LogP) is 2.76. The highest BCUT2D eigenvalue weighted by Gasteiger charge is 2.03. The third-order valence-electron chi connectivity index (χ3n) is 2.86. The van der Waals surface area contributed by atoms with Gasteiger partial charge in [-0.05, 0) is 38.3 Å². The minimum atomic E-state index is 0.394. The van der Waals surface area contributed by atoms with Crippen LogP contribution in [0.3, 0.4) is 0 Å². The van der Waals surface area contributed by atoms with Crippen molar-refractivity contribution in [2.24, 2.45) is 0 Å². The molecule has 0 bridgehead atoms. The van der Waals surface area contributed by atoms with Crippen molar-refractivity contribution in [2.75, 3.05) is 0 Å². The zero-order valence-electron chi connectivity index (χ0n) is 10.4. The smallest absolute Gasteiger partial charge is 0.120 e. The van der Waals surface area contributed by atoms with Gasteiger partial charge in [0.05, 0.1) is 0 Å². The minimum Gasteiger partial charge on any atom is -0.310 e. The molecular weight excluding hydrogens is 198 g/mol. The highest BCUT2D eigenvalue weighted by Crippen LogP contribution is 2.10. The van der Waals surface area contributed by atoms with Crippen LogP contribution in [0, 0.1) is 13.8 Å². The average molecular weight is 219 g/mol. The maximum atomic E-state index is 10.3. The van der Waals surface area contributed by atoms with Crippen molar-refractivity contribution in [3.63, 3.8) is 0 Å². The van der Waals surface area contributed by atoms with E-state index < -0.39 is 0 Å². The van der Waals surface area contributed by atoms with Crippen LogP contribution in [-0.2, 0) is 11.3 Å². The minimum absolute atomic E-state index is 0.394. The summed E-state index contributed by atoms with van der Waals surface area (Å²) in [6.45, 7) is 7.24. The van der Waals surface area contributed by atoms with E-state index in [0.717, 1.165) is 19.3 Å². The van der Waals surface area contributed by atoms with Gasteiger partial charge in [0.1, 0.15) is 6.29 Å². The molecule has 0 saturated carbocycles. The second-order valence-corrected chi connectivity index (χ2v) is 4.46. The lowest BCUT2D eigenvalue weighted by Crippen LogP contribution is -2.25. The summed E-state index contributed by atoms with van der Waals surface area (Å²) in [5, 5.41) is 3.44. The summed E-state index contributed by atoms with van der Waals surface area (Å²) in [7, 11) is 0. The molecule has 0 amide bonds. The average Bonchev–Trinajstić information content (AvgIpc) is 2.27. The first-order chi connectivity index (χ1) is 7.63. The number of carbonyl (C=O) groups is 1. The summed E-state index contributed by atoms with van der Waals surface area (Å²) in [6.07, 6.45) is 2.53. The Morgan fingerprint density at radius 3 is 2.81 bits per heavy atom. The molecule has 0 fully saturated rings. The van der Waals surface area contributed by atoms with Crippen LogP contribution in [0.2, 0.25) is 0 Å². The molecule has 1 atom stereocenters. The summed E-state index contributed by atoms with van der Waals surface area (Å²) in [5.41, 5.74) is 3.96. The van der Waals surface area contributed by atoms with Crippen LogP contribution < -0.4 is 5.32 Å². The number of carbonyl (C=O) groups excluding carboxylic acids is 1. The quantitative estimate of drug-likeness (QED) is 0.745. The van der Waals surface area contributed by atoms with Crippen molar-refractivity contribution < 1.29 is 4.79 Å². The largest absolute Gasteiger partial charge is 0.310 e. The van der Waals surface area contributed by atoms with Crippen LogP contribution >= 0.6 is 0 Å². The molecule has 0 saturated heterocycles. The first-order valence-corrected chi connectivity index (χ1v) is 5.86. The Bertz CT molecular complexity index is 347. The number of hydrogen-bond donors (Lipinski definition) is 1. The van der Waals surface area contributed by atoms with E-state index in [0.29, 0.717) is 12.5 Å². The third-order valence-corrected chi connectivity index (χ3v) is 2.86. The number of benzene rings is 1. The van der Waals surface area contributed by atoms with E-state index in [1.165, 1.54) is 16.7 Å². The second kappa shape index (κ2) is 6.44. The summed E-state index contributed by atoms with van der Waals surface area (Å²) in [4.78, 5) is 10.3. The molecule has 0 aliphatic carbocycles. The van der Waals surface area contributed by atoms with E-state index in [1.807, 2.05) is 0 Å². The number of aryl methyl sites for hydroxylation is 2. The number of rotatable bonds is 6. The Morgan fingerprint density at radius 2 is 2.12 bits per heavy atom. The molecule has 0 radical (unpaired) electrons. The van der Waals surface area contributed by atoms with E-state index in [9.17, 15) is 4.79 Å². The van der Waals surface area contributed by atoms with Gasteiger partial charge in [0, 0.05) is 19.0 Å². The standard InChI is InChI=1S/C14H21NO/c1-11-6-7-12(2)14(9-11)10-15-13(3)5-4-8-16/h6-9,13,15H,4-5,10H2,1-3H3. The van der Waals surface area contributed by atoms with Gasteiger partial charge in [0.25, 0.3) is 0 Å². The van der Waals surface area contributed by atoms with Crippen molar-refractivity contribution in [1.82, 2.24) is 5.32 Å². The van der Waals surface area contributed by atoms with Crippen molar-refractivity contribution in [2.45, 2.75) is 46.2 Å². The van der Waals surface area contributed by atoms with Crippen LogP contribution in [0.4, 0.5) is 0 Å². The lowest BCUT2D eigenvalue weighted by Gasteiger charge is -2.14. The van der Waals surface area contributed by atoms with Crippen LogP contribution in [0.15, 0.2) is 18.2 Å². The second-order valence-electron chi connectivity index (χ2n) is 4.46. The zero-order chi connectivity index (χ0) is 12.0. The van der Waals surface area contributed by atoms with E-state index in [1.54, 1.807) is 0 Å². The SMILES string of the molecule is Cc1ccc(C)c(CNC(C)CCC=O)c1. The topological polar surface area (TPSA) is 29.1 Å². The van der Waals surface area contributed by atoms with Crippen molar-refractivity contribution in [1.29, 1.82) is 0 Å². The van der Waals surface area contributed by atoms with Gasteiger partial charge in [0.15, 0.2) is 0 Å². The fourth-order valence-electron chi connectivity index (χ4n) is 1.69. The fraction of sp³-hybridized carbons (Fsp3) is 0.500. The summed E-state index contributed by atoms with van der Waals surface area (Å²) in [6, 6.07) is 6.90. The first-order valence-electron chi connectivity index (χ1n) is 5.86. The summed E-state index contributed by atoms with van der Waals surface area (Å²) < 4.78 is 0. The van der Waals surface area contributed by atoms with E-state index in [2.05, 4.69) is 44.3 Å². The number of nitrogens with one attached hydrogen (secondary N) is 1. The molecule has 1 unspecified atom stereocenters. The van der Waals surface area contributed by atoms with Gasteiger partial charge in [-0.25, -0.2) is 0 Å². The molecule has 2 nitrogen and oxygen atoms in total. The molecule has 1 rings (SSSR count). The van der Waals surface area contributed by atoms with Gasteiger partial charge >= 0.3 is 0 Å². The molecule has 0 aliphatic heterocycles. The highest BCUT2D eigenvalue weighted by molar-refractivity contribution is 5.49. The van der Waals surface area contributed by atoms with Gasteiger partial charge in [-0.3, -0.25) is 0 Å². The third kappa shape index (κ3) is 4.15. The molecule has 0 heterocycles. The molecule has 1 N–H and O–H groups in total. The molecule has 2 heteroatoms. The summed E-state index contributed by atoms with van der Waals surface area (Å²) >= 11 is 0. The molecule has 16 heavy (non-hydrogen) atoms. The number of hydrogen-bond acceptors (Lipinski definition) is 2. The van der Waals surface area contributed by atoms with Gasteiger partial charge in [-0.2, -0.15) is 0 Å².